The first-order valence-corrected chi connectivity index (χ1v) is 16.0. The minimum atomic E-state index is 0. The summed E-state index contributed by atoms with van der Waals surface area (Å²) >= 11 is 0. The summed E-state index contributed by atoms with van der Waals surface area (Å²) in [5.74, 6) is 0. The molecule has 0 bridgehead atoms. The average Bonchev–Trinajstić information content (AvgIpc) is 3.42. The van der Waals surface area contributed by atoms with Gasteiger partial charge in [-0.2, -0.15) is 27.0 Å². The van der Waals surface area contributed by atoms with Gasteiger partial charge in [0.2, 0.25) is 0 Å². The highest BCUT2D eigenvalue weighted by atomic mass is 32.1. The van der Waals surface area contributed by atoms with Crippen LogP contribution in [0.4, 0.5) is 0 Å². The van der Waals surface area contributed by atoms with Crippen molar-refractivity contribution in [2.75, 3.05) is 0 Å². The second-order valence-corrected chi connectivity index (χ2v) is 11.9. The third-order valence-electron chi connectivity index (χ3n) is 9.23. The molecule has 1 heterocycles. The Hall–Kier alpha value is -3.92. The molecule has 0 fully saturated rings. The average molecular weight is 626 g/mol. The molecule has 0 unspecified atom stereocenters. The number of nitrogens with one attached hydrogen (secondary N) is 1. The van der Waals surface area contributed by atoms with Crippen molar-refractivity contribution >= 4 is 70.1 Å². The maximum absolute atomic E-state index is 2.92. The Morgan fingerprint density at radius 2 is 0.778 bits per heavy atom. The zero-order chi connectivity index (χ0) is 28.8. The number of aryl methyl sites for hydroxylation is 4. The zero-order valence-corrected chi connectivity index (χ0v) is 27.9. The lowest BCUT2D eigenvalue weighted by Crippen LogP contribution is -2.02. The maximum Gasteiger partial charge on any atom is 0.000442 e. The fourth-order valence-corrected chi connectivity index (χ4v) is 7.09. The van der Waals surface area contributed by atoms with Gasteiger partial charge in [0.05, 0.1) is 0 Å². The van der Waals surface area contributed by atoms with Gasteiger partial charge in [-0.3, -0.25) is 0 Å². The highest BCUT2D eigenvalue weighted by Gasteiger charge is 2.14. The van der Waals surface area contributed by atoms with E-state index in [1.165, 1.54) is 94.5 Å². The summed E-state index contributed by atoms with van der Waals surface area (Å²) in [5.41, 5.74) is 6.35. The van der Waals surface area contributed by atoms with Gasteiger partial charge >= 0.3 is 0 Å². The van der Waals surface area contributed by atoms with E-state index in [9.17, 15) is 0 Å². The summed E-state index contributed by atoms with van der Waals surface area (Å²) in [7, 11) is 0. The van der Waals surface area contributed by atoms with Gasteiger partial charge in [0.25, 0.3) is 0 Å². The van der Waals surface area contributed by atoms with Crippen LogP contribution in [0.5, 0.6) is 0 Å². The van der Waals surface area contributed by atoms with Crippen LogP contribution in [-0.4, -0.2) is 0 Å². The molecule has 1 N–H and O–H groups in total. The number of hydrogen-bond acceptors (Lipinski definition) is 1. The summed E-state index contributed by atoms with van der Waals surface area (Å²) < 4.78 is 0. The molecule has 0 saturated heterocycles. The third kappa shape index (κ3) is 7.01. The monoisotopic (exact) mass is 625 g/mol. The predicted molar refractivity (Wildman–Crippen MR) is 208 cm³/mol. The Labute approximate surface area is 281 Å². The summed E-state index contributed by atoms with van der Waals surface area (Å²) in [6, 6.07) is 35.9. The van der Waals surface area contributed by atoms with Crippen molar-refractivity contribution in [3.05, 3.63) is 156 Å². The van der Waals surface area contributed by atoms with Crippen molar-refractivity contribution in [3.8, 4) is 0 Å². The highest BCUT2D eigenvalue weighted by Crippen LogP contribution is 2.34. The van der Waals surface area contributed by atoms with Crippen molar-refractivity contribution in [3.63, 3.8) is 0 Å². The molecule has 228 valence electrons. The molecule has 2 aliphatic carbocycles. The minimum absolute atomic E-state index is 0. The molecule has 0 amide bonds. The largest absolute Gasteiger partial charge is 0.368 e. The summed E-state index contributed by atoms with van der Waals surface area (Å²) in [4.78, 5) is 0. The molecule has 3 heteroatoms. The summed E-state index contributed by atoms with van der Waals surface area (Å²) in [6.07, 6.45) is 22.0. The van der Waals surface area contributed by atoms with Gasteiger partial charge in [-0.25, -0.2) is 0 Å². The zero-order valence-electron chi connectivity index (χ0n) is 25.9. The van der Waals surface area contributed by atoms with Crippen LogP contribution in [0.1, 0.15) is 47.9 Å². The Kier molecular flexibility index (Phi) is 11.1. The number of benzene rings is 6. The van der Waals surface area contributed by atoms with E-state index >= 15 is 0 Å². The molecule has 3 aliphatic rings. The molecular weight excluding hydrogens is 583 g/mol. The van der Waals surface area contributed by atoms with Gasteiger partial charge in [-0.1, -0.05) is 109 Å². The quantitative estimate of drug-likeness (QED) is 0.166. The second-order valence-electron chi connectivity index (χ2n) is 11.9. The number of rotatable bonds is 0. The van der Waals surface area contributed by atoms with E-state index in [1.54, 1.807) is 22.3 Å². The van der Waals surface area contributed by atoms with Crippen molar-refractivity contribution < 1.29 is 0 Å². The van der Waals surface area contributed by atoms with Gasteiger partial charge in [0.1, 0.15) is 0 Å². The second kappa shape index (κ2) is 15.4. The van der Waals surface area contributed by atoms with Crippen LogP contribution in [-0.2, 0) is 25.7 Å². The normalized spacial score (nSPS) is 14.4. The van der Waals surface area contributed by atoms with Gasteiger partial charge in [-0.05, 0) is 129 Å². The molecule has 6 aromatic carbocycles. The van der Waals surface area contributed by atoms with E-state index in [-0.39, 0.29) is 27.0 Å². The molecular formula is C42H43NS2. The van der Waals surface area contributed by atoms with Crippen LogP contribution >= 0.6 is 27.0 Å². The first-order valence-electron chi connectivity index (χ1n) is 16.0. The Morgan fingerprint density at radius 3 is 1.27 bits per heavy atom. The van der Waals surface area contributed by atoms with Gasteiger partial charge in [0, 0.05) is 12.4 Å². The number of fused-ring (bicyclic) bond motifs is 10. The van der Waals surface area contributed by atoms with Crippen LogP contribution in [0.2, 0.25) is 0 Å². The topological polar surface area (TPSA) is 12.0 Å². The Balaban J connectivity index is 0.000000142. The van der Waals surface area contributed by atoms with Crippen LogP contribution in [0.15, 0.2) is 134 Å². The standard InChI is InChI=1S/2C18H16.C6H7N.2H2S/c2*1-3-7-15-13(5-1)9-11-18-16-8-4-2-6-14(16)10-12-17(15)18;1-2-4-6-7-5-3-1;;/h2*1,3,5,7,9-12H,2,4,6,8H2;1-7H;2*1H2. The fraction of sp³-hybridized carbons (Fsp3) is 0.190. The molecule has 0 saturated carbocycles. The SMILES string of the molecule is C1=CC=CNC=C1.S.S.c1ccc2c(c1)ccc1c3c(ccc12)CCCC3.c1ccc2c(c1)ccc1c3c(ccc12)CCCC3. The summed E-state index contributed by atoms with van der Waals surface area (Å²) in [6.45, 7) is 0. The van der Waals surface area contributed by atoms with Crippen LogP contribution in [0.3, 0.4) is 0 Å². The number of allylic oxidation sites excluding steroid dienone is 4. The van der Waals surface area contributed by atoms with E-state index in [0.717, 1.165) is 0 Å². The Morgan fingerprint density at radius 1 is 0.356 bits per heavy atom. The van der Waals surface area contributed by atoms with E-state index < -0.39 is 0 Å². The van der Waals surface area contributed by atoms with E-state index in [4.69, 9.17) is 0 Å². The fourth-order valence-electron chi connectivity index (χ4n) is 7.09. The molecule has 1 nitrogen and oxygen atoms in total. The number of hydrogen-bond donors (Lipinski definition) is 1. The van der Waals surface area contributed by atoms with E-state index in [0.29, 0.717) is 0 Å². The molecule has 0 atom stereocenters. The lowest BCUT2D eigenvalue weighted by Gasteiger charge is -2.18. The van der Waals surface area contributed by atoms with Crippen molar-refractivity contribution in [2.45, 2.75) is 51.4 Å². The molecule has 6 aromatic rings. The van der Waals surface area contributed by atoms with Gasteiger partial charge in [-0.15, -0.1) is 0 Å². The van der Waals surface area contributed by atoms with Crippen LogP contribution < -0.4 is 5.32 Å². The lowest BCUT2D eigenvalue weighted by atomic mass is 9.86. The van der Waals surface area contributed by atoms with Crippen LogP contribution in [0, 0.1) is 0 Å². The molecule has 0 aromatic heterocycles. The first kappa shape index (κ1) is 32.5. The van der Waals surface area contributed by atoms with Crippen molar-refractivity contribution in [1.29, 1.82) is 0 Å². The molecule has 45 heavy (non-hydrogen) atoms. The molecule has 0 spiro atoms. The van der Waals surface area contributed by atoms with E-state index in [2.05, 4.69) is 102 Å². The first-order chi connectivity index (χ1) is 21.4. The molecule has 9 rings (SSSR count). The maximum atomic E-state index is 2.92. The smallest absolute Gasteiger partial charge is 0.000442 e. The lowest BCUT2D eigenvalue weighted by molar-refractivity contribution is 0.690. The van der Waals surface area contributed by atoms with Crippen LogP contribution in [0.25, 0.3) is 43.1 Å². The molecule has 0 radical (unpaired) electrons. The van der Waals surface area contributed by atoms with Gasteiger partial charge < -0.3 is 5.32 Å². The van der Waals surface area contributed by atoms with E-state index in [1.807, 2.05) is 36.7 Å². The third-order valence-corrected chi connectivity index (χ3v) is 9.23. The minimum Gasteiger partial charge on any atom is -0.368 e. The van der Waals surface area contributed by atoms with Gasteiger partial charge in [0.15, 0.2) is 0 Å². The summed E-state index contributed by atoms with van der Waals surface area (Å²) in [5, 5.41) is 14.2. The predicted octanol–water partition coefficient (Wildman–Crippen LogP) is 11.1. The highest BCUT2D eigenvalue weighted by molar-refractivity contribution is 7.59. The Bertz CT molecular complexity index is 1870. The van der Waals surface area contributed by atoms with Crippen molar-refractivity contribution in [1.82, 2.24) is 5.32 Å². The molecule has 1 aliphatic heterocycles. The van der Waals surface area contributed by atoms with Crippen molar-refractivity contribution in [2.24, 2.45) is 0 Å².